The van der Waals surface area contributed by atoms with Gasteiger partial charge in [-0.2, -0.15) is 0 Å². The number of ketones is 1. The lowest BCUT2D eigenvalue weighted by Gasteiger charge is -2.72. The van der Waals surface area contributed by atoms with Crippen molar-refractivity contribution in [1.82, 2.24) is 9.80 Å². The highest BCUT2D eigenvalue weighted by molar-refractivity contribution is 6.00. The number of carboxylic acid groups (broad SMARTS) is 1. The Morgan fingerprint density at radius 3 is 2.25 bits per heavy atom. The Morgan fingerprint density at radius 1 is 0.917 bits per heavy atom. The number of morpholine rings is 1. The zero-order valence-electron chi connectivity index (χ0n) is 38.1. The molecule has 332 valence electrons. The molecule has 9 unspecified atom stereocenters. The van der Waals surface area contributed by atoms with Crippen molar-refractivity contribution < 1.29 is 38.9 Å². The first-order valence-electron chi connectivity index (χ1n) is 23.1. The first-order chi connectivity index (χ1) is 28.1. The van der Waals surface area contributed by atoms with Crippen LogP contribution in [-0.2, 0) is 35.2 Å². The molecule has 4 saturated carbocycles. The van der Waals surface area contributed by atoms with Crippen LogP contribution in [0.3, 0.4) is 0 Å². The van der Waals surface area contributed by atoms with Gasteiger partial charge in [0.15, 0.2) is 5.78 Å². The molecule has 1 heterocycles. The molecule has 2 N–H and O–H groups in total. The van der Waals surface area contributed by atoms with E-state index in [0.717, 1.165) is 62.5 Å². The molecule has 6 aliphatic rings. The van der Waals surface area contributed by atoms with E-state index >= 15 is 0 Å². The number of carbonyl (C=O) groups excluding carboxylic acids is 3. The smallest absolute Gasteiger partial charge is 0.309 e. The topological polar surface area (TPSA) is 134 Å². The number of aliphatic hydroxyl groups excluding tert-OH is 1. The van der Waals surface area contributed by atoms with Crippen molar-refractivity contribution in [3.63, 3.8) is 0 Å². The number of amides is 1. The van der Waals surface area contributed by atoms with Crippen LogP contribution in [0.2, 0.25) is 0 Å². The molecule has 0 bridgehead atoms. The van der Waals surface area contributed by atoms with Gasteiger partial charge in [0.05, 0.1) is 37.7 Å². The summed E-state index contributed by atoms with van der Waals surface area (Å²) in [6.07, 6.45) is 6.55. The Bertz CT molecular complexity index is 1850. The lowest BCUT2D eigenvalue weighted by molar-refractivity contribution is -0.235. The molecule has 1 amide bonds. The number of carboxylic acids is 1. The minimum atomic E-state index is -1.18. The van der Waals surface area contributed by atoms with Gasteiger partial charge in [-0.3, -0.25) is 24.1 Å². The molecule has 9 atom stereocenters. The van der Waals surface area contributed by atoms with Crippen LogP contribution in [0.25, 0.3) is 0 Å². The van der Waals surface area contributed by atoms with Gasteiger partial charge in [-0.1, -0.05) is 84.4 Å². The third-order valence-electron chi connectivity index (χ3n) is 17.9. The van der Waals surface area contributed by atoms with Gasteiger partial charge in [0.25, 0.3) is 0 Å². The van der Waals surface area contributed by atoms with Crippen LogP contribution in [-0.4, -0.2) is 95.2 Å². The standard InChI is InChI=1S/C50H74N2O8/c1-32(2)42-35(53)27-50(38(54)30-51(29-33-13-11-10-12-14-33)31-40(55)52-23-25-59-26-24-52)22-21-48(8)34(43(42)50)15-16-37-47(7)19-18-39(60-41(56)28-45(3,4)44(57)58)46(5,6)36(47)17-20-49(37,48)9/h10-14,32,34,36-39,54H,15-31H2,1-9H3,(H,57,58). The highest BCUT2D eigenvalue weighted by atomic mass is 16.5. The molecule has 5 fully saturated rings. The van der Waals surface area contributed by atoms with Crippen molar-refractivity contribution in [2.45, 2.75) is 145 Å². The molecule has 7 rings (SSSR count). The number of aliphatic carboxylic acids is 1. The van der Waals surface area contributed by atoms with Gasteiger partial charge in [0.2, 0.25) is 5.91 Å². The van der Waals surface area contributed by atoms with Crippen molar-refractivity contribution in [3.8, 4) is 0 Å². The average molecular weight is 831 g/mol. The normalized spacial score (nSPS) is 35.7. The summed E-state index contributed by atoms with van der Waals surface area (Å²) < 4.78 is 11.7. The maximum atomic E-state index is 14.4. The van der Waals surface area contributed by atoms with E-state index in [-0.39, 0.29) is 64.3 Å². The number of hydrogen-bond donors (Lipinski definition) is 2. The van der Waals surface area contributed by atoms with Gasteiger partial charge in [0, 0.05) is 43.4 Å². The fraction of sp³-hybridized carbons (Fsp3) is 0.760. The van der Waals surface area contributed by atoms with Gasteiger partial charge >= 0.3 is 11.9 Å². The number of fused-ring (bicyclic) bond motifs is 7. The largest absolute Gasteiger partial charge is 0.481 e. The molecule has 1 aromatic carbocycles. The average Bonchev–Trinajstić information content (AvgIpc) is 3.50. The third-order valence-corrected chi connectivity index (χ3v) is 17.9. The summed E-state index contributed by atoms with van der Waals surface area (Å²) in [4.78, 5) is 57.1. The summed E-state index contributed by atoms with van der Waals surface area (Å²) in [6.45, 7) is 22.8. The lowest BCUT2D eigenvalue weighted by Crippen LogP contribution is -2.66. The van der Waals surface area contributed by atoms with Gasteiger partial charge in [0.1, 0.15) is 6.10 Å². The minimum absolute atomic E-state index is 0.00592. The summed E-state index contributed by atoms with van der Waals surface area (Å²) in [6, 6.07) is 10.2. The van der Waals surface area contributed by atoms with Gasteiger partial charge in [-0.25, -0.2) is 0 Å². The molecule has 60 heavy (non-hydrogen) atoms. The monoisotopic (exact) mass is 831 g/mol. The summed E-state index contributed by atoms with van der Waals surface area (Å²) in [5.74, 6) is -0.205. The van der Waals surface area contributed by atoms with Crippen LogP contribution < -0.4 is 0 Å². The number of rotatable bonds is 12. The van der Waals surface area contributed by atoms with E-state index in [0.29, 0.717) is 57.6 Å². The number of ether oxygens (including phenoxy) is 2. The van der Waals surface area contributed by atoms with Gasteiger partial charge in [-0.05, 0) is 116 Å². The SMILES string of the molecule is CC(C)C1=C2C3CCC4C5(C)CCC(OC(=O)CC(C)(C)C(=O)O)C(C)(C)C5CCC4(C)C3(C)CCC2(C(O)CN(CC(=O)N2CCOCC2)Cc2ccccc2)CC1=O. The van der Waals surface area contributed by atoms with Crippen LogP contribution in [0, 0.1) is 56.2 Å². The van der Waals surface area contributed by atoms with Crippen molar-refractivity contribution in [2.24, 2.45) is 56.2 Å². The Hall–Kier alpha value is -3.08. The molecule has 1 saturated heterocycles. The summed E-state index contributed by atoms with van der Waals surface area (Å²) in [5, 5.41) is 22.5. The zero-order valence-corrected chi connectivity index (χ0v) is 38.1. The number of benzene rings is 1. The van der Waals surface area contributed by atoms with Gasteiger partial charge < -0.3 is 24.6 Å². The highest BCUT2D eigenvalue weighted by Gasteiger charge is 2.71. The van der Waals surface area contributed by atoms with Crippen LogP contribution >= 0.6 is 0 Å². The number of aliphatic hydroxyl groups is 1. The maximum Gasteiger partial charge on any atom is 0.309 e. The number of hydrogen-bond acceptors (Lipinski definition) is 8. The van der Waals surface area contributed by atoms with Crippen molar-refractivity contribution in [2.75, 3.05) is 39.4 Å². The number of carbonyl (C=O) groups is 4. The van der Waals surface area contributed by atoms with E-state index in [1.54, 1.807) is 13.8 Å². The predicted molar refractivity (Wildman–Crippen MR) is 230 cm³/mol. The van der Waals surface area contributed by atoms with Crippen molar-refractivity contribution in [1.29, 1.82) is 0 Å². The van der Waals surface area contributed by atoms with E-state index < -0.39 is 28.9 Å². The Morgan fingerprint density at radius 2 is 1.60 bits per heavy atom. The molecule has 1 aliphatic heterocycles. The van der Waals surface area contributed by atoms with E-state index in [4.69, 9.17) is 9.47 Å². The second-order valence-electron chi connectivity index (χ2n) is 22.2. The van der Waals surface area contributed by atoms with Crippen LogP contribution in [0.1, 0.15) is 132 Å². The predicted octanol–water partition coefficient (Wildman–Crippen LogP) is 8.10. The van der Waals surface area contributed by atoms with Crippen LogP contribution in [0.5, 0.6) is 0 Å². The molecule has 0 aromatic heterocycles. The Labute approximate surface area is 359 Å². The summed E-state index contributed by atoms with van der Waals surface area (Å²) >= 11 is 0. The summed E-state index contributed by atoms with van der Waals surface area (Å²) in [5.41, 5.74) is 1.07. The lowest BCUT2D eigenvalue weighted by atomic mass is 9.33. The van der Waals surface area contributed by atoms with Gasteiger partial charge in [-0.15, -0.1) is 0 Å². The molecule has 0 spiro atoms. The number of allylic oxidation sites excluding steroid dienone is 1. The zero-order chi connectivity index (χ0) is 43.6. The molecular weight excluding hydrogens is 757 g/mol. The fourth-order valence-electron chi connectivity index (χ4n) is 14.5. The van der Waals surface area contributed by atoms with E-state index in [1.165, 1.54) is 5.57 Å². The quantitative estimate of drug-likeness (QED) is 0.201. The molecular formula is C50H74N2O8. The van der Waals surface area contributed by atoms with E-state index in [1.807, 2.05) is 23.1 Å². The first-order valence-corrected chi connectivity index (χ1v) is 23.1. The second-order valence-corrected chi connectivity index (χ2v) is 22.2. The number of Topliss-reactive ketones (excluding diaryl/α,β-unsaturated/α-hetero) is 1. The molecule has 5 aliphatic carbocycles. The molecule has 0 radical (unpaired) electrons. The molecule has 10 nitrogen and oxygen atoms in total. The minimum Gasteiger partial charge on any atom is -0.481 e. The molecule has 10 heteroatoms. The van der Waals surface area contributed by atoms with Crippen LogP contribution in [0.4, 0.5) is 0 Å². The Balaban J connectivity index is 1.16. The second kappa shape index (κ2) is 16.2. The number of nitrogens with zero attached hydrogens (tertiary/aromatic N) is 2. The highest BCUT2D eigenvalue weighted by Crippen LogP contribution is 2.77. The van der Waals surface area contributed by atoms with Crippen LogP contribution in [0.15, 0.2) is 41.5 Å². The van der Waals surface area contributed by atoms with Crippen molar-refractivity contribution in [3.05, 3.63) is 47.0 Å². The van der Waals surface area contributed by atoms with E-state index in [2.05, 4.69) is 65.5 Å². The fourth-order valence-corrected chi connectivity index (χ4v) is 14.5. The first kappa shape index (κ1) is 45.0. The summed E-state index contributed by atoms with van der Waals surface area (Å²) in [7, 11) is 0. The Kier molecular flexibility index (Phi) is 12.2. The van der Waals surface area contributed by atoms with E-state index in [9.17, 15) is 29.4 Å². The maximum absolute atomic E-state index is 14.4. The number of esters is 1. The molecule has 1 aromatic rings. The van der Waals surface area contributed by atoms with Crippen molar-refractivity contribution >= 4 is 23.6 Å². The third kappa shape index (κ3) is 7.50.